The molecule has 0 radical (unpaired) electrons. The van der Waals surface area contributed by atoms with Crippen LogP contribution in [0.1, 0.15) is 28.3 Å². The number of ketones is 1. The van der Waals surface area contributed by atoms with Crippen LogP contribution in [-0.2, 0) is 0 Å². The third-order valence-corrected chi connectivity index (χ3v) is 3.40. The van der Waals surface area contributed by atoms with Gasteiger partial charge in [-0.1, -0.05) is 60.1 Å². The maximum absolute atomic E-state index is 13.2. The van der Waals surface area contributed by atoms with Crippen LogP contribution in [0.3, 0.4) is 0 Å². The number of hydrogen-bond donors (Lipinski definition) is 0. The predicted octanol–water partition coefficient (Wildman–Crippen LogP) is 4.67. The standard InChI is InChI=1S/C16H14ClFO/c17-15-9-5-4-8-14(15)13(11-18)10-16(19)12-6-2-1-3-7-12/h1-9,13H,10-11H2. The highest BCUT2D eigenvalue weighted by atomic mass is 35.5. The first-order chi connectivity index (χ1) is 9.22. The topological polar surface area (TPSA) is 17.1 Å². The molecular formula is C16H14ClFO. The number of carbonyl (C=O) groups excluding carboxylic acids is 1. The lowest BCUT2D eigenvalue weighted by molar-refractivity contribution is 0.0969. The van der Waals surface area contributed by atoms with Crippen molar-refractivity contribution >= 4 is 17.4 Å². The first kappa shape index (κ1) is 13.8. The smallest absolute Gasteiger partial charge is 0.163 e. The van der Waals surface area contributed by atoms with Crippen molar-refractivity contribution in [3.8, 4) is 0 Å². The van der Waals surface area contributed by atoms with E-state index in [0.29, 0.717) is 16.1 Å². The Kier molecular flexibility index (Phi) is 4.69. The second-order valence-corrected chi connectivity index (χ2v) is 4.77. The molecule has 3 heteroatoms. The zero-order valence-corrected chi connectivity index (χ0v) is 11.1. The molecule has 19 heavy (non-hydrogen) atoms. The molecule has 0 saturated carbocycles. The molecule has 1 unspecified atom stereocenters. The maximum atomic E-state index is 13.2. The van der Waals surface area contributed by atoms with E-state index < -0.39 is 12.6 Å². The minimum absolute atomic E-state index is 0.0665. The summed E-state index contributed by atoms with van der Waals surface area (Å²) in [6.45, 7) is -0.595. The Hall–Kier alpha value is -1.67. The normalized spacial score (nSPS) is 12.1. The summed E-state index contributed by atoms with van der Waals surface area (Å²) in [6.07, 6.45) is 0.129. The van der Waals surface area contributed by atoms with Crippen LogP contribution in [-0.4, -0.2) is 12.5 Å². The lowest BCUT2D eigenvalue weighted by Crippen LogP contribution is -2.09. The van der Waals surface area contributed by atoms with Gasteiger partial charge in [-0.2, -0.15) is 0 Å². The second-order valence-electron chi connectivity index (χ2n) is 4.37. The first-order valence-corrected chi connectivity index (χ1v) is 6.49. The number of benzene rings is 2. The van der Waals surface area contributed by atoms with Gasteiger partial charge in [0, 0.05) is 22.9 Å². The minimum Gasteiger partial charge on any atom is -0.294 e. The fourth-order valence-corrected chi connectivity index (χ4v) is 2.31. The van der Waals surface area contributed by atoms with Crippen molar-refractivity contribution in [2.24, 2.45) is 0 Å². The van der Waals surface area contributed by atoms with Gasteiger partial charge < -0.3 is 0 Å². The summed E-state index contributed by atoms with van der Waals surface area (Å²) >= 11 is 6.05. The Balaban J connectivity index is 2.17. The first-order valence-electron chi connectivity index (χ1n) is 6.11. The summed E-state index contributed by atoms with van der Waals surface area (Å²) in [5, 5.41) is 0.506. The van der Waals surface area contributed by atoms with Crippen molar-refractivity contribution < 1.29 is 9.18 Å². The molecule has 0 aliphatic heterocycles. The van der Waals surface area contributed by atoms with Gasteiger partial charge in [0.05, 0.1) is 6.67 Å². The van der Waals surface area contributed by atoms with Crippen molar-refractivity contribution in [3.05, 3.63) is 70.7 Å². The molecule has 2 rings (SSSR count). The molecule has 0 saturated heterocycles. The van der Waals surface area contributed by atoms with E-state index in [1.165, 1.54) is 0 Å². The van der Waals surface area contributed by atoms with Gasteiger partial charge in [0.15, 0.2) is 5.78 Å². The number of carbonyl (C=O) groups is 1. The molecule has 2 aromatic carbocycles. The average Bonchev–Trinajstić information content (AvgIpc) is 2.46. The molecular weight excluding hydrogens is 263 g/mol. The van der Waals surface area contributed by atoms with E-state index in [9.17, 15) is 9.18 Å². The molecule has 0 aliphatic rings. The number of rotatable bonds is 5. The summed E-state index contributed by atoms with van der Waals surface area (Å²) in [7, 11) is 0. The molecule has 0 aromatic heterocycles. The number of hydrogen-bond acceptors (Lipinski definition) is 1. The van der Waals surface area contributed by atoms with Crippen molar-refractivity contribution in [1.82, 2.24) is 0 Å². The number of Topliss-reactive ketones (excluding diaryl/α,β-unsaturated/α-hetero) is 1. The summed E-state index contributed by atoms with van der Waals surface area (Å²) in [6, 6.07) is 16.0. The zero-order valence-electron chi connectivity index (χ0n) is 10.4. The van der Waals surface area contributed by atoms with Gasteiger partial charge >= 0.3 is 0 Å². The Bertz CT molecular complexity index is 554. The fourth-order valence-electron chi connectivity index (χ4n) is 2.02. The van der Waals surface area contributed by atoms with Crippen LogP contribution in [0.15, 0.2) is 54.6 Å². The summed E-state index contributed by atoms with van der Waals surface area (Å²) in [5.41, 5.74) is 1.30. The lowest BCUT2D eigenvalue weighted by atomic mass is 9.92. The minimum atomic E-state index is -0.595. The Morgan fingerprint density at radius 1 is 1.05 bits per heavy atom. The summed E-state index contributed by atoms with van der Waals surface area (Å²) in [4.78, 5) is 12.1. The van der Waals surface area contributed by atoms with Crippen LogP contribution in [0.2, 0.25) is 5.02 Å². The van der Waals surface area contributed by atoms with Crippen LogP contribution in [0, 0.1) is 0 Å². The molecule has 0 N–H and O–H groups in total. The molecule has 0 bridgehead atoms. The van der Waals surface area contributed by atoms with Crippen LogP contribution in [0.4, 0.5) is 4.39 Å². The molecule has 0 aliphatic carbocycles. The van der Waals surface area contributed by atoms with E-state index in [4.69, 9.17) is 11.6 Å². The van der Waals surface area contributed by atoms with E-state index in [1.807, 2.05) is 6.07 Å². The van der Waals surface area contributed by atoms with E-state index >= 15 is 0 Å². The molecule has 98 valence electrons. The quantitative estimate of drug-likeness (QED) is 0.726. The Labute approximate surface area is 117 Å². The maximum Gasteiger partial charge on any atom is 0.163 e. The molecule has 0 fully saturated rings. The highest BCUT2D eigenvalue weighted by Gasteiger charge is 2.19. The molecule has 1 atom stereocenters. The molecule has 0 heterocycles. The lowest BCUT2D eigenvalue weighted by Gasteiger charge is -2.14. The SMILES string of the molecule is O=C(CC(CF)c1ccccc1Cl)c1ccccc1. The highest BCUT2D eigenvalue weighted by Crippen LogP contribution is 2.28. The monoisotopic (exact) mass is 276 g/mol. The van der Waals surface area contributed by atoms with E-state index in [-0.39, 0.29) is 12.2 Å². The van der Waals surface area contributed by atoms with Crippen LogP contribution in [0.5, 0.6) is 0 Å². The van der Waals surface area contributed by atoms with Gasteiger partial charge in [-0.15, -0.1) is 0 Å². The number of alkyl halides is 1. The van der Waals surface area contributed by atoms with Crippen molar-refractivity contribution in [2.45, 2.75) is 12.3 Å². The van der Waals surface area contributed by atoms with E-state index in [0.717, 1.165) is 0 Å². The molecule has 0 amide bonds. The molecule has 1 nitrogen and oxygen atoms in total. The molecule has 0 spiro atoms. The Morgan fingerprint density at radius 2 is 1.68 bits per heavy atom. The predicted molar refractivity (Wildman–Crippen MR) is 75.6 cm³/mol. The van der Waals surface area contributed by atoms with Crippen LogP contribution >= 0.6 is 11.6 Å². The average molecular weight is 277 g/mol. The summed E-state index contributed by atoms with van der Waals surface area (Å²) in [5.74, 6) is -0.551. The van der Waals surface area contributed by atoms with Crippen molar-refractivity contribution in [3.63, 3.8) is 0 Å². The van der Waals surface area contributed by atoms with Gasteiger partial charge in [-0.25, -0.2) is 0 Å². The van der Waals surface area contributed by atoms with Crippen LogP contribution < -0.4 is 0 Å². The van der Waals surface area contributed by atoms with Gasteiger partial charge in [0.25, 0.3) is 0 Å². The van der Waals surface area contributed by atoms with Gasteiger partial charge in [-0.3, -0.25) is 9.18 Å². The summed E-state index contributed by atoms with van der Waals surface area (Å²) < 4.78 is 13.2. The van der Waals surface area contributed by atoms with E-state index in [1.54, 1.807) is 48.5 Å². The van der Waals surface area contributed by atoms with Crippen LogP contribution in [0.25, 0.3) is 0 Å². The largest absolute Gasteiger partial charge is 0.294 e. The third kappa shape index (κ3) is 3.42. The Morgan fingerprint density at radius 3 is 2.32 bits per heavy atom. The molecule has 2 aromatic rings. The second kappa shape index (κ2) is 6.48. The third-order valence-electron chi connectivity index (χ3n) is 3.06. The number of halogens is 2. The van der Waals surface area contributed by atoms with Gasteiger partial charge in [0.1, 0.15) is 0 Å². The van der Waals surface area contributed by atoms with Gasteiger partial charge in [-0.05, 0) is 11.6 Å². The van der Waals surface area contributed by atoms with Crippen molar-refractivity contribution in [2.75, 3.05) is 6.67 Å². The van der Waals surface area contributed by atoms with Gasteiger partial charge in [0.2, 0.25) is 0 Å². The zero-order chi connectivity index (χ0) is 13.7. The van der Waals surface area contributed by atoms with Crippen molar-refractivity contribution in [1.29, 1.82) is 0 Å². The highest BCUT2D eigenvalue weighted by molar-refractivity contribution is 6.31. The fraction of sp³-hybridized carbons (Fsp3) is 0.188. The van der Waals surface area contributed by atoms with E-state index in [2.05, 4.69) is 0 Å².